The fourth-order valence-corrected chi connectivity index (χ4v) is 1.73. The van der Waals surface area contributed by atoms with Gasteiger partial charge < -0.3 is 4.74 Å². The quantitative estimate of drug-likeness (QED) is 0.624. The Morgan fingerprint density at radius 2 is 2.11 bits per heavy atom. The molecule has 0 saturated heterocycles. The zero-order chi connectivity index (χ0) is 13.5. The largest absolute Gasteiger partial charge is 0.481 e. The van der Waals surface area contributed by atoms with Crippen molar-refractivity contribution in [2.45, 2.75) is 39.5 Å². The first-order valence-electron chi connectivity index (χ1n) is 6.18. The predicted octanol–water partition coefficient (Wildman–Crippen LogP) is 3.16. The Kier molecular flexibility index (Phi) is 5.65. The standard InChI is InChI=1S/C14H20O4/c1-4-5-12-8-11(10(2)3)6-7-13(12)17-9-14(15)18-16/h6-8,10,16H,4-5,9H2,1-3H3. The van der Waals surface area contributed by atoms with Crippen LogP contribution in [0.1, 0.15) is 44.2 Å². The number of carbonyl (C=O) groups excluding carboxylic acids is 1. The molecule has 0 spiro atoms. The first-order chi connectivity index (χ1) is 8.58. The van der Waals surface area contributed by atoms with Crippen LogP contribution in [0.15, 0.2) is 18.2 Å². The van der Waals surface area contributed by atoms with E-state index >= 15 is 0 Å². The summed E-state index contributed by atoms with van der Waals surface area (Å²) in [6.45, 7) is 6.07. The lowest BCUT2D eigenvalue weighted by atomic mass is 9.98. The minimum atomic E-state index is -0.801. The van der Waals surface area contributed by atoms with Crippen molar-refractivity contribution in [1.82, 2.24) is 0 Å². The zero-order valence-corrected chi connectivity index (χ0v) is 11.1. The maximum absolute atomic E-state index is 10.8. The van der Waals surface area contributed by atoms with E-state index < -0.39 is 5.97 Å². The Morgan fingerprint density at radius 1 is 1.39 bits per heavy atom. The highest BCUT2D eigenvalue weighted by molar-refractivity contribution is 5.70. The number of hydrogen-bond acceptors (Lipinski definition) is 4. The van der Waals surface area contributed by atoms with Crippen LogP contribution < -0.4 is 4.74 Å². The molecule has 100 valence electrons. The van der Waals surface area contributed by atoms with Crippen LogP contribution in [0.2, 0.25) is 0 Å². The van der Waals surface area contributed by atoms with Crippen LogP contribution in [0.3, 0.4) is 0 Å². The normalized spacial score (nSPS) is 10.5. The van der Waals surface area contributed by atoms with E-state index in [0.717, 1.165) is 18.4 Å². The van der Waals surface area contributed by atoms with Crippen molar-refractivity contribution >= 4 is 5.97 Å². The molecule has 0 fully saturated rings. The first kappa shape index (κ1) is 14.5. The van der Waals surface area contributed by atoms with Crippen molar-refractivity contribution in [3.05, 3.63) is 29.3 Å². The summed E-state index contributed by atoms with van der Waals surface area (Å²) >= 11 is 0. The first-order valence-corrected chi connectivity index (χ1v) is 6.18. The number of benzene rings is 1. The van der Waals surface area contributed by atoms with Gasteiger partial charge in [-0.25, -0.2) is 4.79 Å². The smallest absolute Gasteiger partial charge is 0.379 e. The lowest BCUT2D eigenvalue weighted by molar-refractivity contribution is -0.236. The van der Waals surface area contributed by atoms with E-state index in [1.807, 2.05) is 12.1 Å². The molecule has 18 heavy (non-hydrogen) atoms. The molecule has 0 atom stereocenters. The Balaban J connectivity index is 2.85. The van der Waals surface area contributed by atoms with Gasteiger partial charge in [0, 0.05) is 0 Å². The van der Waals surface area contributed by atoms with Gasteiger partial charge in [-0.1, -0.05) is 39.3 Å². The molecule has 0 heterocycles. The second-order valence-corrected chi connectivity index (χ2v) is 4.52. The second-order valence-electron chi connectivity index (χ2n) is 4.52. The molecule has 0 radical (unpaired) electrons. The molecule has 1 aromatic carbocycles. The Hall–Kier alpha value is -1.55. The van der Waals surface area contributed by atoms with Gasteiger partial charge in [-0.05, 0) is 29.5 Å². The van der Waals surface area contributed by atoms with Crippen LogP contribution >= 0.6 is 0 Å². The van der Waals surface area contributed by atoms with Gasteiger partial charge in [-0.3, -0.25) is 4.89 Å². The molecule has 0 aliphatic heterocycles. The lowest BCUT2D eigenvalue weighted by Gasteiger charge is -2.13. The van der Waals surface area contributed by atoms with E-state index in [2.05, 4.69) is 31.7 Å². The summed E-state index contributed by atoms with van der Waals surface area (Å²) in [6.07, 6.45) is 1.90. The third-order valence-electron chi connectivity index (χ3n) is 2.72. The highest BCUT2D eigenvalue weighted by Crippen LogP contribution is 2.25. The molecule has 0 bridgehead atoms. The topological polar surface area (TPSA) is 55.8 Å². The van der Waals surface area contributed by atoms with Gasteiger partial charge in [0.15, 0.2) is 6.61 Å². The van der Waals surface area contributed by atoms with Crippen LogP contribution in [0, 0.1) is 0 Å². The molecule has 1 aromatic rings. The van der Waals surface area contributed by atoms with Crippen LogP contribution in [0.4, 0.5) is 0 Å². The Labute approximate surface area is 107 Å². The highest BCUT2D eigenvalue weighted by Gasteiger charge is 2.09. The van der Waals surface area contributed by atoms with Crippen LogP contribution in [0.5, 0.6) is 5.75 Å². The van der Waals surface area contributed by atoms with Gasteiger partial charge in [0.2, 0.25) is 0 Å². The van der Waals surface area contributed by atoms with E-state index in [9.17, 15) is 4.79 Å². The van der Waals surface area contributed by atoms with E-state index in [-0.39, 0.29) is 6.61 Å². The van der Waals surface area contributed by atoms with E-state index in [0.29, 0.717) is 11.7 Å². The van der Waals surface area contributed by atoms with Gasteiger partial charge >= 0.3 is 5.97 Å². The third-order valence-corrected chi connectivity index (χ3v) is 2.72. The molecular formula is C14H20O4. The van der Waals surface area contributed by atoms with Gasteiger partial charge in [-0.15, -0.1) is 0 Å². The van der Waals surface area contributed by atoms with E-state index in [1.165, 1.54) is 5.56 Å². The van der Waals surface area contributed by atoms with E-state index in [1.54, 1.807) is 0 Å². The number of hydrogen-bond donors (Lipinski definition) is 1. The van der Waals surface area contributed by atoms with Crippen molar-refractivity contribution in [2.75, 3.05) is 6.61 Å². The van der Waals surface area contributed by atoms with Gasteiger partial charge in [0.05, 0.1) is 0 Å². The van der Waals surface area contributed by atoms with Crippen molar-refractivity contribution < 1.29 is 19.7 Å². The summed E-state index contributed by atoms with van der Waals surface area (Å²) in [5.41, 5.74) is 2.32. The average molecular weight is 252 g/mol. The summed E-state index contributed by atoms with van der Waals surface area (Å²) < 4.78 is 5.34. The second kappa shape index (κ2) is 7.01. The number of carbonyl (C=O) groups is 1. The van der Waals surface area contributed by atoms with Crippen molar-refractivity contribution in [3.63, 3.8) is 0 Å². The molecule has 1 N–H and O–H groups in total. The number of rotatable bonds is 6. The molecule has 0 aromatic heterocycles. The van der Waals surface area contributed by atoms with Crippen LogP contribution in [0.25, 0.3) is 0 Å². The molecule has 0 aliphatic carbocycles. The van der Waals surface area contributed by atoms with Crippen LogP contribution in [-0.2, 0) is 16.1 Å². The zero-order valence-electron chi connectivity index (χ0n) is 11.1. The minimum absolute atomic E-state index is 0.283. The van der Waals surface area contributed by atoms with E-state index in [4.69, 9.17) is 9.99 Å². The predicted molar refractivity (Wildman–Crippen MR) is 68.7 cm³/mol. The molecule has 0 aliphatic rings. The average Bonchev–Trinajstić information content (AvgIpc) is 2.36. The molecular weight excluding hydrogens is 232 g/mol. The van der Waals surface area contributed by atoms with Gasteiger partial charge in [0.1, 0.15) is 5.75 Å². The molecule has 0 unspecified atom stereocenters. The summed E-state index contributed by atoms with van der Waals surface area (Å²) in [4.78, 5) is 14.4. The summed E-state index contributed by atoms with van der Waals surface area (Å²) in [5.74, 6) is 0.328. The molecule has 0 amide bonds. The highest BCUT2D eigenvalue weighted by atomic mass is 17.1. The van der Waals surface area contributed by atoms with Gasteiger partial charge in [0.25, 0.3) is 0 Å². The van der Waals surface area contributed by atoms with Gasteiger partial charge in [-0.2, -0.15) is 5.26 Å². The lowest BCUT2D eigenvalue weighted by Crippen LogP contribution is -2.13. The molecule has 4 nitrogen and oxygen atoms in total. The fourth-order valence-electron chi connectivity index (χ4n) is 1.73. The molecule has 0 saturated carbocycles. The Bertz CT molecular complexity index is 399. The minimum Gasteiger partial charge on any atom is -0.481 e. The maximum atomic E-state index is 10.8. The number of aryl methyl sites for hydroxylation is 1. The number of ether oxygens (including phenoxy) is 1. The van der Waals surface area contributed by atoms with Crippen molar-refractivity contribution in [1.29, 1.82) is 0 Å². The Morgan fingerprint density at radius 3 is 2.67 bits per heavy atom. The molecule has 1 rings (SSSR count). The summed E-state index contributed by atoms with van der Waals surface area (Å²) in [7, 11) is 0. The third kappa shape index (κ3) is 4.04. The fraction of sp³-hybridized carbons (Fsp3) is 0.500. The maximum Gasteiger partial charge on any atom is 0.379 e. The SMILES string of the molecule is CCCc1cc(C(C)C)ccc1OCC(=O)OO. The summed E-state index contributed by atoms with van der Waals surface area (Å²) in [5, 5.41) is 8.17. The monoisotopic (exact) mass is 252 g/mol. The molecule has 4 heteroatoms. The van der Waals surface area contributed by atoms with Crippen LogP contribution in [-0.4, -0.2) is 17.8 Å². The van der Waals surface area contributed by atoms with Crippen molar-refractivity contribution in [2.24, 2.45) is 0 Å². The summed E-state index contributed by atoms with van der Waals surface area (Å²) in [6, 6.07) is 5.96. The van der Waals surface area contributed by atoms with Crippen molar-refractivity contribution in [3.8, 4) is 5.75 Å².